The quantitative estimate of drug-likeness (QED) is 0.750. The van der Waals surface area contributed by atoms with Crippen LogP contribution in [0.1, 0.15) is 0 Å². The van der Waals surface area contributed by atoms with Gasteiger partial charge < -0.3 is 4.72 Å². The number of fused-ring (bicyclic) bond motifs is 1. The molecule has 1 N–H and O–H groups in total. The fraction of sp³-hybridized carbons (Fsp3) is 0. The zero-order chi connectivity index (χ0) is 11.0. The first-order chi connectivity index (χ1) is 7.84. The van der Waals surface area contributed by atoms with Gasteiger partial charge in [0.1, 0.15) is 0 Å². The summed E-state index contributed by atoms with van der Waals surface area (Å²) in [6.45, 7) is 0. The highest BCUT2D eigenvalue weighted by Crippen LogP contribution is 2.45. The van der Waals surface area contributed by atoms with Crippen LogP contribution < -0.4 is 9.03 Å². The van der Waals surface area contributed by atoms with Gasteiger partial charge in [-0.15, -0.1) is 0 Å². The van der Waals surface area contributed by atoms with Crippen LogP contribution in [-0.2, 0) is 0 Å². The minimum Gasteiger partial charge on any atom is -0.310 e. The number of nitrogens with zero attached hydrogens (tertiary/aromatic N) is 1. The van der Waals surface area contributed by atoms with Gasteiger partial charge in [-0.25, -0.2) is 0 Å². The van der Waals surface area contributed by atoms with Crippen LogP contribution in [0.15, 0.2) is 48.5 Å². The average molecular weight is 249 g/mol. The molecule has 0 aliphatic carbocycles. The first kappa shape index (κ1) is 9.87. The number of benzene rings is 2. The van der Waals surface area contributed by atoms with E-state index in [1.165, 1.54) is 0 Å². The summed E-state index contributed by atoms with van der Waals surface area (Å²) in [7, 11) is 0. The molecular formula is C12H9ClN2S. The molecule has 0 aromatic heterocycles. The molecule has 0 bridgehead atoms. The summed E-state index contributed by atoms with van der Waals surface area (Å²) >= 11 is 7.57. The molecule has 2 aromatic carbocycles. The molecule has 0 saturated heterocycles. The van der Waals surface area contributed by atoms with E-state index in [0.717, 1.165) is 22.1 Å². The lowest BCUT2D eigenvalue weighted by molar-refractivity contribution is 1.46. The summed E-state index contributed by atoms with van der Waals surface area (Å²) in [4.78, 5) is 0. The molecule has 1 aliphatic rings. The summed E-state index contributed by atoms with van der Waals surface area (Å²) in [5.74, 6) is 0. The van der Waals surface area contributed by atoms with Crippen LogP contribution in [0.25, 0.3) is 0 Å². The second-order valence-corrected chi connectivity index (χ2v) is 4.67. The molecule has 4 heteroatoms. The molecule has 16 heavy (non-hydrogen) atoms. The van der Waals surface area contributed by atoms with Gasteiger partial charge in [-0.05, 0) is 30.3 Å². The Morgan fingerprint density at radius 3 is 2.69 bits per heavy atom. The van der Waals surface area contributed by atoms with Crippen LogP contribution in [0, 0.1) is 0 Å². The molecule has 0 amide bonds. The second-order valence-electron chi connectivity index (χ2n) is 3.48. The van der Waals surface area contributed by atoms with Crippen molar-refractivity contribution in [3.8, 4) is 0 Å². The van der Waals surface area contributed by atoms with Crippen molar-refractivity contribution in [1.82, 2.24) is 0 Å². The molecule has 0 unspecified atom stereocenters. The van der Waals surface area contributed by atoms with Gasteiger partial charge in [-0.3, -0.25) is 4.31 Å². The predicted molar refractivity (Wildman–Crippen MR) is 71.2 cm³/mol. The van der Waals surface area contributed by atoms with E-state index in [1.807, 2.05) is 36.4 Å². The van der Waals surface area contributed by atoms with Crippen molar-refractivity contribution in [2.45, 2.75) is 0 Å². The Morgan fingerprint density at radius 1 is 1.06 bits per heavy atom. The second kappa shape index (κ2) is 3.92. The van der Waals surface area contributed by atoms with E-state index in [2.05, 4.69) is 21.2 Å². The van der Waals surface area contributed by atoms with Gasteiger partial charge in [0.05, 0.1) is 29.2 Å². The zero-order valence-corrected chi connectivity index (χ0v) is 9.92. The lowest BCUT2D eigenvalue weighted by Gasteiger charge is -2.15. The van der Waals surface area contributed by atoms with Gasteiger partial charge in [-0.2, -0.15) is 0 Å². The third kappa shape index (κ3) is 1.62. The third-order valence-electron chi connectivity index (χ3n) is 2.42. The van der Waals surface area contributed by atoms with Crippen molar-refractivity contribution in [2.75, 3.05) is 9.03 Å². The number of nitrogens with one attached hydrogen (secondary N) is 1. The minimum atomic E-state index is 0.754. The van der Waals surface area contributed by atoms with Crippen LogP contribution in [-0.4, -0.2) is 0 Å². The SMILES string of the molecule is Clc1ccc2c(c1)N(c1ccccc1)SN2. The molecule has 1 heterocycles. The fourth-order valence-electron chi connectivity index (χ4n) is 1.66. The van der Waals surface area contributed by atoms with Gasteiger partial charge in [0.25, 0.3) is 0 Å². The molecule has 0 atom stereocenters. The van der Waals surface area contributed by atoms with E-state index in [1.54, 1.807) is 12.1 Å². The van der Waals surface area contributed by atoms with Crippen molar-refractivity contribution >= 4 is 40.8 Å². The summed E-state index contributed by atoms with van der Waals surface area (Å²) in [6.07, 6.45) is 0. The number of anilines is 3. The van der Waals surface area contributed by atoms with E-state index < -0.39 is 0 Å². The van der Waals surface area contributed by atoms with Crippen LogP contribution in [0.4, 0.5) is 17.1 Å². The molecule has 80 valence electrons. The predicted octanol–water partition coefficient (Wildman–Crippen LogP) is 4.47. The Bertz CT molecular complexity index is 516. The van der Waals surface area contributed by atoms with E-state index in [9.17, 15) is 0 Å². The number of halogens is 1. The molecular weight excluding hydrogens is 240 g/mol. The van der Waals surface area contributed by atoms with Gasteiger partial charge in [0.2, 0.25) is 0 Å². The number of hydrogen-bond donors (Lipinski definition) is 1. The Kier molecular flexibility index (Phi) is 2.42. The molecule has 0 spiro atoms. The van der Waals surface area contributed by atoms with Gasteiger partial charge in [-0.1, -0.05) is 29.8 Å². The third-order valence-corrected chi connectivity index (χ3v) is 3.55. The lowest BCUT2D eigenvalue weighted by atomic mass is 10.2. The first-order valence-corrected chi connectivity index (χ1v) is 6.07. The maximum atomic E-state index is 6.01. The normalized spacial score (nSPS) is 13.4. The zero-order valence-electron chi connectivity index (χ0n) is 8.35. The Balaban J connectivity index is 2.06. The highest BCUT2D eigenvalue weighted by molar-refractivity contribution is 8.02. The van der Waals surface area contributed by atoms with Crippen molar-refractivity contribution in [2.24, 2.45) is 0 Å². The molecule has 3 rings (SSSR count). The number of rotatable bonds is 1. The summed E-state index contributed by atoms with van der Waals surface area (Å²) < 4.78 is 5.39. The number of hydrogen-bond acceptors (Lipinski definition) is 3. The van der Waals surface area contributed by atoms with Crippen molar-refractivity contribution in [3.05, 3.63) is 53.6 Å². The molecule has 0 fully saturated rings. The van der Waals surface area contributed by atoms with E-state index in [-0.39, 0.29) is 0 Å². The van der Waals surface area contributed by atoms with Crippen LogP contribution >= 0.6 is 23.7 Å². The monoisotopic (exact) mass is 248 g/mol. The molecule has 2 aromatic rings. The van der Waals surface area contributed by atoms with Gasteiger partial charge in [0, 0.05) is 5.02 Å². The standard InChI is InChI=1S/C12H9ClN2S/c13-9-6-7-11-12(8-9)15(16-14-11)10-4-2-1-3-5-10/h1-8,14H. The largest absolute Gasteiger partial charge is 0.310 e. The van der Waals surface area contributed by atoms with Crippen molar-refractivity contribution < 1.29 is 0 Å². The van der Waals surface area contributed by atoms with Gasteiger partial charge in [0.15, 0.2) is 0 Å². The van der Waals surface area contributed by atoms with Crippen LogP contribution in [0.3, 0.4) is 0 Å². The molecule has 2 nitrogen and oxygen atoms in total. The Labute approximate surface area is 103 Å². The Hall–Kier alpha value is -1.32. The van der Waals surface area contributed by atoms with Crippen LogP contribution in [0.2, 0.25) is 5.02 Å². The Morgan fingerprint density at radius 2 is 1.88 bits per heavy atom. The fourth-order valence-corrected chi connectivity index (χ4v) is 2.66. The van der Waals surface area contributed by atoms with E-state index in [0.29, 0.717) is 0 Å². The van der Waals surface area contributed by atoms with E-state index in [4.69, 9.17) is 11.6 Å². The highest BCUT2D eigenvalue weighted by atomic mass is 35.5. The molecule has 0 radical (unpaired) electrons. The maximum absolute atomic E-state index is 6.01. The summed E-state index contributed by atoms with van der Waals surface area (Å²) in [5.41, 5.74) is 3.34. The topological polar surface area (TPSA) is 15.3 Å². The number of para-hydroxylation sites is 1. The maximum Gasteiger partial charge on any atom is 0.0797 e. The minimum absolute atomic E-state index is 0.754. The lowest BCUT2D eigenvalue weighted by Crippen LogP contribution is -2.01. The molecule has 1 aliphatic heterocycles. The first-order valence-electron chi connectivity index (χ1n) is 4.92. The summed E-state index contributed by atoms with van der Waals surface area (Å²) in [5, 5.41) is 0.754. The van der Waals surface area contributed by atoms with Gasteiger partial charge >= 0.3 is 0 Å². The highest BCUT2D eigenvalue weighted by Gasteiger charge is 2.21. The molecule has 0 saturated carbocycles. The van der Waals surface area contributed by atoms with Crippen molar-refractivity contribution in [3.63, 3.8) is 0 Å². The summed E-state index contributed by atoms with van der Waals surface area (Å²) in [6, 6.07) is 16.1. The van der Waals surface area contributed by atoms with Crippen LogP contribution in [0.5, 0.6) is 0 Å². The van der Waals surface area contributed by atoms with Crippen molar-refractivity contribution in [1.29, 1.82) is 0 Å². The van der Waals surface area contributed by atoms with E-state index >= 15 is 0 Å². The smallest absolute Gasteiger partial charge is 0.0797 e. The average Bonchev–Trinajstić information content (AvgIpc) is 2.73.